The molecule has 2 rings (SSSR count). The average Bonchev–Trinajstić information content (AvgIpc) is 2.58. The van der Waals surface area contributed by atoms with Crippen LogP contribution < -0.4 is 15.8 Å². The summed E-state index contributed by atoms with van der Waals surface area (Å²) in [7, 11) is 3.18. The minimum Gasteiger partial charge on any atom is -0.494 e. The zero-order valence-electron chi connectivity index (χ0n) is 9.57. The van der Waals surface area contributed by atoms with Crippen molar-refractivity contribution in [2.24, 2.45) is 7.05 Å². The van der Waals surface area contributed by atoms with Gasteiger partial charge in [-0.15, -0.1) is 0 Å². The van der Waals surface area contributed by atoms with Gasteiger partial charge >= 0.3 is 0 Å². The van der Waals surface area contributed by atoms with Gasteiger partial charge in [0.05, 0.1) is 12.8 Å². The summed E-state index contributed by atoms with van der Waals surface area (Å²) in [4.78, 5) is 0. The van der Waals surface area contributed by atoms with E-state index in [1.165, 1.54) is 19.2 Å². The molecule has 2 aromatic rings. The highest BCUT2D eigenvalue weighted by atomic mass is 19.1. The highest BCUT2D eigenvalue weighted by Gasteiger charge is 2.07. The largest absolute Gasteiger partial charge is 0.494 e. The minimum absolute atomic E-state index is 0.199. The minimum atomic E-state index is -0.438. The Hall–Kier alpha value is -2.24. The highest BCUT2D eigenvalue weighted by molar-refractivity contribution is 5.68. The molecule has 0 spiro atoms. The van der Waals surface area contributed by atoms with Gasteiger partial charge in [-0.2, -0.15) is 5.10 Å². The predicted molar refractivity (Wildman–Crippen MR) is 63.9 cm³/mol. The third kappa shape index (κ3) is 2.30. The lowest BCUT2D eigenvalue weighted by molar-refractivity contribution is 0.386. The summed E-state index contributed by atoms with van der Waals surface area (Å²) in [6, 6.07) is 4.56. The molecule has 5 nitrogen and oxygen atoms in total. The molecule has 0 aliphatic heterocycles. The van der Waals surface area contributed by atoms with Gasteiger partial charge in [0.25, 0.3) is 0 Å². The molecular formula is C11H13FN4O. The fourth-order valence-corrected chi connectivity index (χ4v) is 1.48. The number of halogens is 1. The number of nitrogens with zero attached hydrogens (tertiary/aromatic N) is 2. The maximum absolute atomic E-state index is 13.4. The molecule has 0 aliphatic rings. The fraction of sp³-hybridized carbons (Fsp3) is 0.182. The van der Waals surface area contributed by atoms with Gasteiger partial charge < -0.3 is 15.8 Å². The maximum atomic E-state index is 13.4. The van der Waals surface area contributed by atoms with Crippen LogP contribution in [0.2, 0.25) is 0 Å². The number of anilines is 3. The van der Waals surface area contributed by atoms with Gasteiger partial charge in [-0.25, -0.2) is 4.39 Å². The van der Waals surface area contributed by atoms with Gasteiger partial charge in [-0.3, -0.25) is 4.68 Å². The molecule has 1 heterocycles. The first kappa shape index (κ1) is 11.3. The Labute approximate surface area is 98.0 Å². The third-order valence-electron chi connectivity index (χ3n) is 2.27. The average molecular weight is 236 g/mol. The summed E-state index contributed by atoms with van der Waals surface area (Å²) < 4.78 is 19.8. The molecule has 0 bridgehead atoms. The standard InChI is InChI=1S/C11H13FN4O/c1-16-6-9(13)11(15-16)14-7-3-4-10(17-2)8(12)5-7/h3-6H,13H2,1-2H3,(H,14,15). The maximum Gasteiger partial charge on any atom is 0.175 e. The molecule has 1 aromatic heterocycles. The molecule has 0 unspecified atom stereocenters. The fourth-order valence-electron chi connectivity index (χ4n) is 1.48. The summed E-state index contributed by atoms with van der Waals surface area (Å²) in [6.45, 7) is 0. The van der Waals surface area contributed by atoms with Gasteiger partial charge in [0, 0.05) is 25.0 Å². The molecular weight excluding hydrogens is 223 g/mol. The van der Waals surface area contributed by atoms with Gasteiger partial charge in [0.2, 0.25) is 0 Å². The molecule has 0 radical (unpaired) electrons. The van der Waals surface area contributed by atoms with Crippen LogP contribution in [0.3, 0.4) is 0 Å². The van der Waals surface area contributed by atoms with E-state index in [9.17, 15) is 4.39 Å². The summed E-state index contributed by atoms with van der Waals surface area (Å²) in [5, 5.41) is 7.04. The van der Waals surface area contributed by atoms with E-state index in [1.807, 2.05) is 0 Å². The topological polar surface area (TPSA) is 65.1 Å². The zero-order chi connectivity index (χ0) is 12.4. The van der Waals surface area contributed by atoms with Crippen LogP contribution in [0.1, 0.15) is 0 Å². The van der Waals surface area contributed by atoms with Crippen molar-refractivity contribution >= 4 is 17.2 Å². The number of methoxy groups -OCH3 is 1. The number of nitrogens with one attached hydrogen (secondary N) is 1. The third-order valence-corrected chi connectivity index (χ3v) is 2.27. The molecule has 0 saturated heterocycles. The Kier molecular flexibility index (Phi) is 2.86. The predicted octanol–water partition coefficient (Wildman–Crippen LogP) is 1.89. The smallest absolute Gasteiger partial charge is 0.175 e. The summed E-state index contributed by atoms with van der Waals surface area (Å²) in [5.74, 6) is 0.258. The number of rotatable bonds is 3. The Morgan fingerprint density at radius 1 is 1.47 bits per heavy atom. The van der Waals surface area contributed by atoms with Crippen LogP contribution >= 0.6 is 0 Å². The SMILES string of the molecule is COc1ccc(Nc2nn(C)cc2N)cc1F. The van der Waals surface area contributed by atoms with Crippen molar-refractivity contribution in [2.75, 3.05) is 18.2 Å². The summed E-state index contributed by atoms with van der Waals surface area (Å²) in [5.41, 5.74) is 6.79. The summed E-state index contributed by atoms with van der Waals surface area (Å²) in [6.07, 6.45) is 1.67. The molecule has 0 atom stereocenters. The van der Waals surface area contributed by atoms with E-state index in [1.54, 1.807) is 24.0 Å². The van der Waals surface area contributed by atoms with E-state index in [0.717, 1.165) is 0 Å². The molecule has 90 valence electrons. The number of nitrogens with two attached hydrogens (primary N) is 1. The van der Waals surface area contributed by atoms with Crippen LogP contribution in [0.5, 0.6) is 5.75 Å². The number of hydrogen-bond donors (Lipinski definition) is 2. The number of aryl methyl sites for hydroxylation is 1. The highest BCUT2D eigenvalue weighted by Crippen LogP contribution is 2.25. The van der Waals surface area contributed by atoms with Crippen LogP contribution in [0.15, 0.2) is 24.4 Å². The lowest BCUT2D eigenvalue weighted by atomic mass is 10.3. The number of hydrogen-bond acceptors (Lipinski definition) is 4. The van der Waals surface area contributed by atoms with E-state index < -0.39 is 5.82 Å². The Morgan fingerprint density at radius 2 is 2.24 bits per heavy atom. The van der Waals surface area contributed by atoms with Crippen LogP contribution in [-0.2, 0) is 7.05 Å². The molecule has 6 heteroatoms. The van der Waals surface area contributed by atoms with E-state index in [-0.39, 0.29) is 5.75 Å². The van der Waals surface area contributed by atoms with Crippen molar-refractivity contribution in [3.63, 3.8) is 0 Å². The monoisotopic (exact) mass is 236 g/mol. The number of ether oxygens (including phenoxy) is 1. The Balaban J connectivity index is 2.24. The van der Waals surface area contributed by atoms with E-state index in [2.05, 4.69) is 10.4 Å². The Bertz CT molecular complexity index is 538. The summed E-state index contributed by atoms with van der Waals surface area (Å²) >= 11 is 0. The van der Waals surface area contributed by atoms with Crippen molar-refractivity contribution in [3.8, 4) is 5.75 Å². The second kappa shape index (κ2) is 4.32. The van der Waals surface area contributed by atoms with Crippen LogP contribution in [0.4, 0.5) is 21.6 Å². The van der Waals surface area contributed by atoms with E-state index in [4.69, 9.17) is 10.5 Å². The Morgan fingerprint density at radius 3 is 2.76 bits per heavy atom. The van der Waals surface area contributed by atoms with Gasteiger partial charge in [-0.1, -0.05) is 0 Å². The first-order chi connectivity index (χ1) is 8.10. The lowest BCUT2D eigenvalue weighted by Crippen LogP contribution is -1.97. The van der Waals surface area contributed by atoms with Crippen molar-refractivity contribution < 1.29 is 9.13 Å². The number of aromatic nitrogens is 2. The van der Waals surface area contributed by atoms with Gasteiger partial charge in [-0.05, 0) is 12.1 Å². The van der Waals surface area contributed by atoms with E-state index in [0.29, 0.717) is 17.2 Å². The first-order valence-corrected chi connectivity index (χ1v) is 5.00. The van der Waals surface area contributed by atoms with Crippen molar-refractivity contribution in [1.29, 1.82) is 0 Å². The first-order valence-electron chi connectivity index (χ1n) is 5.00. The van der Waals surface area contributed by atoms with Gasteiger partial charge in [0.1, 0.15) is 0 Å². The molecule has 0 amide bonds. The van der Waals surface area contributed by atoms with E-state index >= 15 is 0 Å². The second-order valence-electron chi connectivity index (χ2n) is 3.58. The molecule has 17 heavy (non-hydrogen) atoms. The zero-order valence-corrected chi connectivity index (χ0v) is 9.57. The molecule has 3 N–H and O–H groups in total. The lowest BCUT2D eigenvalue weighted by Gasteiger charge is -2.06. The van der Waals surface area contributed by atoms with Crippen molar-refractivity contribution in [1.82, 2.24) is 9.78 Å². The number of nitrogen functional groups attached to an aromatic ring is 1. The van der Waals surface area contributed by atoms with Crippen molar-refractivity contribution in [2.45, 2.75) is 0 Å². The molecule has 1 aromatic carbocycles. The van der Waals surface area contributed by atoms with Gasteiger partial charge in [0.15, 0.2) is 17.4 Å². The molecule has 0 fully saturated rings. The van der Waals surface area contributed by atoms with Crippen LogP contribution in [-0.4, -0.2) is 16.9 Å². The van der Waals surface area contributed by atoms with Crippen LogP contribution in [0, 0.1) is 5.82 Å². The van der Waals surface area contributed by atoms with Crippen LogP contribution in [0.25, 0.3) is 0 Å². The molecule has 0 saturated carbocycles. The number of benzene rings is 1. The quantitative estimate of drug-likeness (QED) is 0.854. The molecule has 0 aliphatic carbocycles. The normalized spacial score (nSPS) is 10.3. The second-order valence-corrected chi connectivity index (χ2v) is 3.58. The van der Waals surface area contributed by atoms with Crippen molar-refractivity contribution in [3.05, 3.63) is 30.2 Å².